The second kappa shape index (κ2) is 16.5. The van der Waals surface area contributed by atoms with Gasteiger partial charge in [0.25, 0.3) is 0 Å². The van der Waals surface area contributed by atoms with Crippen molar-refractivity contribution in [3.8, 4) is 0 Å². The molecule has 2 aromatic carbocycles. The second-order valence-electron chi connectivity index (χ2n) is 10.6. The lowest BCUT2D eigenvalue weighted by Gasteiger charge is -2.21. The smallest absolute Gasteiger partial charge is 0.232 e. The van der Waals surface area contributed by atoms with E-state index in [2.05, 4.69) is 52.7 Å². The molecule has 0 aliphatic rings. The Hall–Kier alpha value is -4.76. The first-order chi connectivity index (χ1) is 22.2. The Morgan fingerprint density at radius 3 is 1.24 bits per heavy atom. The quantitative estimate of drug-likeness (QED) is 0.0991. The number of aromatic nitrogens is 6. The predicted molar refractivity (Wildman–Crippen MR) is 180 cm³/mol. The number of nitrogens with one attached hydrogen (secondary N) is 2. The van der Waals surface area contributed by atoms with E-state index in [1.165, 1.54) is 0 Å². The second-order valence-corrected chi connectivity index (χ2v) is 10.6. The highest BCUT2D eigenvalue weighted by molar-refractivity contribution is 5.75. The van der Waals surface area contributed by atoms with Crippen molar-refractivity contribution in [2.45, 2.75) is 27.7 Å². The summed E-state index contributed by atoms with van der Waals surface area (Å²) < 4.78 is 0. The molecule has 0 fully saturated rings. The third kappa shape index (κ3) is 9.37. The molecule has 0 saturated heterocycles. The van der Waals surface area contributed by atoms with Crippen LogP contribution in [0.15, 0.2) is 36.4 Å². The average Bonchev–Trinajstić information content (AvgIpc) is 3.00. The van der Waals surface area contributed by atoms with Crippen LogP contribution in [0, 0.1) is 27.7 Å². The van der Waals surface area contributed by atoms with E-state index >= 15 is 0 Å². The van der Waals surface area contributed by atoms with E-state index in [-0.39, 0.29) is 26.4 Å². The zero-order chi connectivity index (χ0) is 33.1. The molecule has 14 nitrogen and oxygen atoms in total. The molecule has 0 spiro atoms. The highest BCUT2D eigenvalue weighted by Crippen LogP contribution is 2.24. The maximum atomic E-state index is 9.37. The summed E-state index contributed by atoms with van der Waals surface area (Å²) in [5, 5.41) is 44.0. The molecule has 2 heterocycles. The third-order valence-corrected chi connectivity index (χ3v) is 7.01. The van der Waals surface area contributed by atoms with E-state index in [0.29, 0.717) is 61.6 Å². The number of aliphatic hydroxyl groups is 4. The Balaban J connectivity index is 1.45. The lowest BCUT2D eigenvalue weighted by molar-refractivity contribution is 0.279. The number of aliphatic hydroxyl groups excluding tert-OH is 4. The molecule has 4 rings (SSSR count). The van der Waals surface area contributed by atoms with Crippen molar-refractivity contribution in [1.82, 2.24) is 29.9 Å². The standard InChI is InChI=1S/C32H42N10O4/c1-21-19-27(37-29-33-23(3)35-31(39-29)41(11-15-43)12-16-44)9-7-25(21)5-6-26-8-10-28(20-22(26)2)38-30-34-24(4)36-32(40-30)42(13-17-45)14-18-46/h5-10,19-20,43-46H,11-18H2,1-4H3,(H,33,35,37,39)(H,34,36,38,40)/b6-5+. The average molecular weight is 631 g/mol. The number of aryl methyl sites for hydroxylation is 4. The van der Waals surface area contributed by atoms with Crippen LogP contribution < -0.4 is 20.4 Å². The van der Waals surface area contributed by atoms with E-state index in [4.69, 9.17) is 0 Å². The van der Waals surface area contributed by atoms with Crippen molar-refractivity contribution in [2.24, 2.45) is 0 Å². The van der Waals surface area contributed by atoms with Crippen LogP contribution in [-0.4, -0.2) is 103 Å². The Morgan fingerprint density at radius 2 is 0.913 bits per heavy atom. The molecule has 2 aromatic heterocycles. The molecule has 244 valence electrons. The minimum Gasteiger partial charge on any atom is -0.395 e. The van der Waals surface area contributed by atoms with Gasteiger partial charge in [0.15, 0.2) is 0 Å². The summed E-state index contributed by atoms with van der Waals surface area (Å²) in [4.78, 5) is 29.9. The van der Waals surface area contributed by atoms with Gasteiger partial charge < -0.3 is 40.9 Å². The molecule has 0 atom stereocenters. The summed E-state index contributed by atoms with van der Waals surface area (Å²) in [5.74, 6) is 2.59. The zero-order valence-corrected chi connectivity index (χ0v) is 26.6. The zero-order valence-electron chi connectivity index (χ0n) is 26.6. The van der Waals surface area contributed by atoms with E-state index in [1.807, 2.05) is 50.2 Å². The first kappa shape index (κ1) is 34.1. The van der Waals surface area contributed by atoms with Crippen LogP contribution in [0.3, 0.4) is 0 Å². The lowest BCUT2D eigenvalue weighted by Crippen LogP contribution is -2.31. The molecule has 0 amide bonds. The van der Waals surface area contributed by atoms with Crippen LogP contribution in [0.2, 0.25) is 0 Å². The van der Waals surface area contributed by atoms with Gasteiger partial charge in [-0.05, 0) is 74.2 Å². The van der Waals surface area contributed by atoms with Crippen molar-refractivity contribution >= 4 is 47.3 Å². The number of benzene rings is 2. The Kier molecular flexibility index (Phi) is 12.3. The number of hydrogen-bond acceptors (Lipinski definition) is 14. The van der Waals surface area contributed by atoms with Crippen molar-refractivity contribution in [2.75, 3.05) is 73.0 Å². The van der Waals surface area contributed by atoms with Crippen LogP contribution in [-0.2, 0) is 0 Å². The summed E-state index contributed by atoms with van der Waals surface area (Å²) in [6, 6.07) is 12.0. The van der Waals surface area contributed by atoms with Gasteiger partial charge in [0.1, 0.15) is 11.6 Å². The molecular formula is C32H42N10O4. The van der Waals surface area contributed by atoms with E-state index in [9.17, 15) is 20.4 Å². The molecule has 0 saturated carbocycles. The molecule has 0 unspecified atom stereocenters. The Morgan fingerprint density at radius 1 is 0.543 bits per heavy atom. The molecule has 6 N–H and O–H groups in total. The number of rotatable bonds is 16. The van der Waals surface area contributed by atoms with Gasteiger partial charge in [-0.25, -0.2) is 0 Å². The Labute approximate surface area is 268 Å². The minimum absolute atomic E-state index is 0.0816. The maximum Gasteiger partial charge on any atom is 0.232 e. The van der Waals surface area contributed by atoms with Gasteiger partial charge in [-0.1, -0.05) is 24.3 Å². The van der Waals surface area contributed by atoms with Gasteiger partial charge >= 0.3 is 0 Å². The van der Waals surface area contributed by atoms with Gasteiger partial charge in [-0.3, -0.25) is 0 Å². The van der Waals surface area contributed by atoms with Crippen LogP contribution >= 0.6 is 0 Å². The SMILES string of the molecule is Cc1nc(Nc2ccc(/C=C/c3ccc(Nc4nc(C)nc(N(CCO)CCO)n4)cc3C)c(C)c2)nc(N(CCO)CCO)n1. The van der Waals surface area contributed by atoms with Crippen LogP contribution in [0.4, 0.5) is 35.2 Å². The van der Waals surface area contributed by atoms with Gasteiger partial charge in [0.2, 0.25) is 23.8 Å². The van der Waals surface area contributed by atoms with E-state index < -0.39 is 0 Å². The monoisotopic (exact) mass is 630 g/mol. The van der Waals surface area contributed by atoms with Crippen molar-refractivity contribution in [3.05, 3.63) is 70.3 Å². The summed E-state index contributed by atoms with van der Waals surface area (Å²) in [6.45, 7) is 8.50. The number of nitrogens with zero attached hydrogens (tertiary/aromatic N) is 8. The largest absolute Gasteiger partial charge is 0.395 e. The summed E-state index contributed by atoms with van der Waals surface area (Å²) >= 11 is 0. The molecule has 0 radical (unpaired) electrons. The maximum absolute atomic E-state index is 9.37. The minimum atomic E-state index is -0.0816. The van der Waals surface area contributed by atoms with Gasteiger partial charge in [0, 0.05) is 37.6 Å². The third-order valence-electron chi connectivity index (χ3n) is 7.01. The molecule has 0 bridgehead atoms. The molecule has 0 aliphatic carbocycles. The van der Waals surface area contributed by atoms with Crippen LogP contribution in [0.25, 0.3) is 12.2 Å². The number of anilines is 6. The van der Waals surface area contributed by atoms with Gasteiger partial charge in [-0.2, -0.15) is 29.9 Å². The highest BCUT2D eigenvalue weighted by atomic mass is 16.3. The van der Waals surface area contributed by atoms with Gasteiger partial charge in [0.05, 0.1) is 26.4 Å². The van der Waals surface area contributed by atoms with Crippen molar-refractivity contribution in [1.29, 1.82) is 0 Å². The van der Waals surface area contributed by atoms with E-state index in [1.54, 1.807) is 23.6 Å². The predicted octanol–water partition coefficient (Wildman–Crippen LogP) is 2.53. The fourth-order valence-corrected chi connectivity index (χ4v) is 4.76. The Bertz CT molecular complexity index is 1500. The summed E-state index contributed by atoms with van der Waals surface area (Å²) in [6.07, 6.45) is 4.14. The normalized spacial score (nSPS) is 11.2. The number of hydrogen-bond donors (Lipinski definition) is 6. The topological polar surface area (TPSA) is 189 Å². The summed E-state index contributed by atoms with van der Waals surface area (Å²) in [7, 11) is 0. The lowest BCUT2D eigenvalue weighted by atomic mass is 10.0. The van der Waals surface area contributed by atoms with Crippen molar-refractivity contribution < 1.29 is 20.4 Å². The molecule has 0 aliphatic heterocycles. The highest BCUT2D eigenvalue weighted by Gasteiger charge is 2.14. The fraction of sp³-hybridized carbons (Fsp3) is 0.375. The first-order valence-corrected chi connectivity index (χ1v) is 15.0. The van der Waals surface area contributed by atoms with Crippen LogP contribution in [0.5, 0.6) is 0 Å². The molecular weight excluding hydrogens is 588 g/mol. The van der Waals surface area contributed by atoms with Crippen LogP contribution in [0.1, 0.15) is 33.9 Å². The summed E-state index contributed by atoms with van der Waals surface area (Å²) in [5.41, 5.74) is 5.87. The molecule has 46 heavy (non-hydrogen) atoms. The molecule has 14 heteroatoms. The van der Waals surface area contributed by atoms with Crippen molar-refractivity contribution in [3.63, 3.8) is 0 Å². The van der Waals surface area contributed by atoms with Gasteiger partial charge in [-0.15, -0.1) is 0 Å². The van der Waals surface area contributed by atoms with E-state index in [0.717, 1.165) is 33.6 Å². The first-order valence-electron chi connectivity index (χ1n) is 15.0. The fourth-order valence-electron chi connectivity index (χ4n) is 4.76. The molecule has 4 aromatic rings.